The molecule has 4 nitrogen and oxygen atoms in total. The van der Waals surface area contributed by atoms with Crippen molar-refractivity contribution in [3.05, 3.63) is 60.2 Å². The van der Waals surface area contributed by atoms with E-state index < -0.39 is 0 Å². The van der Waals surface area contributed by atoms with Crippen molar-refractivity contribution in [2.24, 2.45) is 7.05 Å². The lowest BCUT2D eigenvalue weighted by molar-refractivity contribution is -0.120. The van der Waals surface area contributed by atoms with Gasteiger partial charge < -0.3 is 9.88 Å². The zero-order valence-corrected chi connectivity index (χ0v) is 15.6. The first kappa shape index (κ1) is 17.5. The number of benzene rings is 2. The van der Waals surface area contributed by atoms with Crippen LogP contribution < -0.4 is 5.32 Å². The van der Waals surface area contributed by atoms with Gasteiger partial charge in [-0.3, -0.25) is 4.79 Å². The molecule has 1 aromatic heterocycles. The second kappa shape index (κ2) is 7.74. The van der Waals surface area contributed by atoms with Gasteiger partial charge in [-0.25, -0.2) is 4.98 Å². The molecule has 0 saturated heterocycles. The van der Waals surface area contributed by atoms with Crippen LogP contribution in [0.1, 0.15) is 25.3 Å². The van der Waals surface area contributed by atoms with Crippen molar-refractivity contribution in [3.63, 3.8) is 0 Å². The van der Waals surface area contributed by atoms with Gasteiger partial charge in [0.25, 0.3) is 0 Å². The average Bonchev–Trinajstić information content (AvgIpc) is 2.96. The number of fused-ring (bicyclic) bond motifs is 1. The van der Waals surface area contributed by atoms with E-state index in [-0.39, 0.29) is 17.1 Å². The fraction of sp³-hybridized carbons (Fsp3) is 0.300. The monoisotopic (exact) mass is 353 g/mol. The summed E-state index contributed by atoms with van der Waals surface area (Å²) < 4.78 is 2.04. The van der Waals surface area contributed by atoms with Gasteiger partial charge in [0.2, 0.25) is 5.91 Å². The zero-order chi connectivity index (χ0) is 17.8. The molecule has 3 aromatic rings. The smallest absolute Gasteiger partial charge is 0.233 e. The van der Waals surface area contributed by atoms with E-state index in [1.807, 2.05) is 61.0 Å². The van der Waals surface area contributed by atoms with E-state index in [1.165, 1.54) is 17.3 Å². The SMILES string of the molecule is CC(Sc1nc2ccccc2n1C)C(=O)NCC(C)c1ccccc1. The summed E-state index contributed by atoms with van der Waals surface area (Å²) in [7, 11) is 1.99. The Morgan fingerprint density at radius 2 is 1.80 bits per heavy atom. The molecule has 1 N–H and O–H groups in total. The zero-order valence-electron chi connectivity index (χ0n) is 14.8. The van der Waals surface area contributed by atoms with Crippen molar-refractivity contribution in [2.75, 3.05) is 6.54 Å². The summed E-state index contributed by atoms with van der Waals surface area (Å²) in [5, 5.41) is 3.72. The molecule has 0 aliphatic heterocycles. The van der Waals surface area contributed by atoms with Crippen molar-refractivity contribution >= 4 is 28.7 Å². The van der Waals surface area contributed by atoms with Gasteiger partial charge in [0.15, 0.2) is 5.16 Å². The van der Waals surface area contributed by atoms with Gasteiger partial charge in [0, 0.05) is 13.6 Å². The molecule has 0 aliphatic carbocycles. The first-order chi connectivity index (χ1) is 12.1. The largest absolute Gasteiger partial charge is 0.355 e. The minimum atomic E-state index is -0.196. The molecule has 2 atom stereocenters. The molecule has 3 rings (SSSR count). The van der Waals surface area contributed by atoms with E-state index in [2.05, 4.69) is 29.4 Å². The maximum atomic E-state index is 12.4. The Morgan fingerprint density at radius 1 is 1.12 bits per heavy atom. The number of amides is 1. The van der Waals surface area contributed by atoms with Crippen molar-refractivity contribution in [1.82, 2.24) is 14.9 Å². The molecule has 5 heteroatoms. The van der Waals surface area contributed by atoms with Crippen LogP contribution in [0.5, 0.6) is 0 Å². The number of nitrogens with one attached hydrogen (secondary N) is 1. The maximum absolute atomic E-state index is 12.4. The van der Waals surface area contributed by atoms with E-state index in [0.29, 0.717) is 6.54 Å². The van der Waals surface area contributed by atoms with Gasteiger partial charge in [-0.05, 0) is 30.5 Å². The summed E-state index contributed by atoms with van der Waals surface area (Å²) >= 11 is 1.49. The number of thioether (sulfide) groups is 1. The third kappa shape index (κ3) is 4.04. The fourth-order valence-corrected chi connectivity index (χ4v) is 3.65. The average molecular weight is 353 g/mol. The standard InChI is InChI=1S/C20H23N3OS/c1-14(16-9-5-4-6-10-16)13-21-19(24)15(2)25-20-22-17-11-7-8-12-18(17)23(20)3/h4-12,14-15H,13H2,1-3H3,(H,21,24). The van der Waals surface area contributed by atoms with Crippen molar-refractivity contribution in [1.29, 1.82) is 0 Å². The van der Waals surface area contributed by atoms with Crippen LogP contribution in [-0.2, 0) is 11.8 Å². The van der Waals surface area contributed by atoms with E-state index in [1.54, 1.807) is 0 Å². The minimum absolute atomic E-state index is 0.0415. The van der Waals surface area contributed by atoms with Gasteiger partial charge in [0.05, 0.1) is 16.3 Å². The minimum Gasteiger partial charge on any atom is -0.355 e. The number of hydrogen-bond donors (Lipinski definition) is 1. The molecule has 0 bridgehead atoms. The number of aryl methyl sites for hydroxylation is 1. The maximum Gasteiger partial charge on any atom is 0.233 e. The van der Waals surface area contributed by atoms with Gasteiger partial charge in [-0.15, -0.1) is 0 Å². The Labute approximate surface area is 152 Å². The van der Waals surface area contributed by atoms with E-state index in [0.717, 1.165) is 16.2 Å². The number of carbonyl (C=O) groups excluding carboxylic acids is 1. The Kier molecular flexibility index (Phi) is 5.43. The highest BCUT2D eigenvalue weighted by Gasteiger charge is 2.18. The summed E-state index contributed by atoms with van der Waals surface area (Å²) in [6.07, 6.45) is 0. The van der Waals surface area contributed by atoms with Gasteiger partial charge in [-0.2, -0.15) is 0 Å². The molecule has 0 fully saturated rings. The lowest BCUT2D eigenvalue weighted by atomic mass is 10.0. The third-order valence-corrected chi connectivity index (χ3v) is 5.49. The highest BCUT2D eigenvalue weighted by Crippen LogP contribution is 2.26. The van der Waals surface area contributed by atoms with Crippen LogP contribution in [0.3, 0.4) is 0 Å². The molecule has 130 valence electrons. The number of para-hydroxylation sites is 2. The van der Waals surface area contributed by atoms with Gasteiger partial charge >= 0.3 is 0 Å². The molecule has 0 radical (unpaired) electrons. The van der Waals surface area contributed by atoms with Crippen LogP contribution in [0.4, 0.5) is 0 Å². The second-order valence-electron chi connectivity index (χ2n) is 6.26. The summed E-state index contributed by atoms with van der Waals surface area (Å²) in [5.74, 6) is 0.331. The Balaban J connectivity index is 1.59. The molecule has 2 aromatic carbocycles. The summed E-state index contributed by atoms with van der Waals surface area (Å²) in [6, 6.07) is 18.2. The molecular weight excluding hydrogens is 330 g/mol. The van der Waals surface area contributed by atoms with Crippen molar-refractivity contribution in [2.45, 2.75) is 30.2 Å². The molecular formula is C20H23N3OS. The number of rotatable bonds is 6. The van der Waals surface area contributed by atoms with Crippen LogP contribution in [-0.4, -0.2) is 27.3 Å². The van der Waals surface area contributed by atoms with Gasteiger partial charge in [-0.1, -0.05) is 61.2 Å². The molecule has 0 aliphatic rings. The number of imidazole rings is 1. The first-order valence-corrected chi connectivity index (χ1v) is 9.35. The number of hydrogen-bond acceptors (Lipinski definition) is 3. The highest BCUT2D eigenvalue weighted by molar-refractivity contribution is 8.00. The summed E-state index contributed by atoms with van der Waals surface area (Å²) in [4.78, 5) is 17.1. The summed E-state index contributed by atoms with van der Waals surface area (Å²) in [5.41, 5.74) is 3.27. The van der Waals surface area contributed by atoms with Crippen molar-refractivity contribution in [3.8, 4) is 0 Å². The number of carbonyl (C=O) groups is 1. The molecule has 2 unspecified atom stereocenters. The van der Waals surface area contributed by atoms with E-state index in [4.69, 9.17) is 0 Å². The van der Waals surface area contributed by atoms with Crippen LogP contribution in [0, 0.1) is 0 Å². The Hall–Kier alpha value is -2.27. The predicted octanol–water partition coefficient (Wildman–Crippen LogP) is 3.97. The molecule has 25 heavy (non-hydrogen) atoms. The Bertz CT molecular complexity index is 860. The van der Waals surface area contributed by atoms with Crippen LogP contribution >= 0.6 is 11.8 Å². The summed E-state index contributed by atoms with van der Waals surface area (Å²) in [6.45, 7) is 4.68. The van der Waals surface area contributed by atoms with E-state index in [9.17, 15) is 4.79 Å². The Morgan fingerprint density at radius 3 is 2.52 bits per heavy atom. The van der Waals surface area contributed by atoms with Gasteiger partial charge in [0.1, 0.15) is 0 Å². The highest BCUT2D eigenvalue weighted by atomic mass is 32.2. The second-order valence-corrected chi connectivity index (χ2v) is 7.57. The molecule has 1 heterocycles. The topological polar surface area (TPSA) is 46.9 Å². The van der Waals surface area contributed by atoms with Crippen molar-refractivity contribution < 1.29 is 4.79 Å². The van der Waals surface area contributed by atoms with Crippen LogP contribution in [0.15, 0.2) is 59.8 Å². The lowest BCUT2D eigenvalue weighted by Crippen LogP contribution is -2.33. The van der Waals surface area contributed by atoms with Crippen LogP contribution in [0.2, 0.25) is 0 Å². The van der Waals surface area contributed by atoms with Crippen LogP contribution in [0.25, 0.3) is 11.0 Å². The predicted molar refractivity (Wildman–Crippen MR) is 104 cm³/mol. The first-order valence-electron chi connectivity index (χ1n) is 8.47. The molecule has 0 spiro atoms. The quantitative estimate of drug-likeness (QED) is 0.682. The third-order valence-electron chi connectivity index (χ3n) is 4.35. The number of nitrogens with zero attached hydrogens (tertiary/aromatic N) is 2. The lowest BCUT2D eigenvalue weighted by Gasteiger charge is -2.16. The number of aromatic nitrogens is 2. The normalized spacial score (nSPS) is 13.6. The molecule has 0 saturated carbocycles. The fourth-order valence-electron chi connectivity index (χ4n) is 2.74. The van der Waals surface area contributed by atoms with E-state index >= 15 is 0 Å². The molecule has 1 amide bonds.